The van der Waals surface area contributed by atoms with Gasteiger partial charge in [0.05, 0.1) is 0 Å². The zero-order valence-corrected chi connectivity index (χ0v) is 12.5. The third kappa shape index (κ3) is 2.68. The molecule has 19 heavy (non-hydrogen) atoms. The fourth-order valence-electron chi connectivity index (χ4n) is 2.63. The van der Waals surface area contributed by atoms with Crippen molar-refractivity contribution < 1.29 is 8.42 Å². The molecule has 1 heterocycles. The Bertz CT molecular complexity index is 532. The summed E-state index contributed by atoms with van der Waals surface area (Å²) < 4.78 is 26.8. The summed E-state index contributed by atoms with van der Waals surface area (Å²) in [6, 6.07) is 0.115. The van der Waals surface area contributed by atoms with Crippen LogP contribution >= 0.6 is 0 Å². The van der Waals surface area contributed by atoms with E-state index in [1.165, 1.54) is 4.31 Å². The molecule has 1 saturated carbocycles. The van der Waals surface area contributed by atoms with Crippen molar-refractivity contribution in [1.82, 2.24) is 19.8 Å². The topological polar surface area (TPSA) is 78.1 Å². The van der Waals surface area contributed by atoms with E-state index in [-0.39, 0.29) is 11.1 Å². The second-order valence-electron chi connectivity index (χ2n) is 5.12. The first kappa shape index (κ1) is 14.5. The van der Waals surface area contributed by atoms with Gasteiger partial charge < -0.3 is 5.32 Å². The number of rotatable bonds is 5. The molecule has 1 aromatic heterocycles. The van der Waals surface area contributed by atoms with E-state index in [0.29, 0.717) is 6.54 Å². The van der Waals surface area contributed by atoms with Gasteiger partial charge in [0.25, 0.3) is 10.0 Å². The standard InChI is InChI=1S/C12H22N4O2S/c1-9-11(8-13-2)12(15-14-9)19(17,18)16(3)10-6-4-5-7-10/h10,13H,4-8H2,1-3H3,(H,14,15). The van der Waals surface area contributed by atoms with Crippen molar-refractivity contribution in [2.24, 2.45) is 0 Å². The second kappa shape index (κ2) is 5.60. The van der Waals surface area contributed by atoms with Crippen LogP contribution in [0.4, 0.5) is 0 Å². The zero-order valence-electron chi connectivity index (χ0n) is 11.7. The molecule has 1 aliphatic carbocycles. The van der Waals surface area contributed by atoms with Gasteiger partial charge in [0.15, 0.2) is 5.03 Å². The van der Waals surface area contributed by atoms with Crippen LogP contribution in [0.15, 0.2) is 5.03 Å². The summed E-state index contributed by atoms with van der Waals surface area (Å²) in [4.78, 5) is 0. The van der Waals surface area contributed by atoms with Crippen LogP contribution in [0.5, 0.6) is 0 Å². The first-order valence-electron chi connectivity index (χ1n) is 6.65. The van der Waals surface area contributed by atoms with Gasteiger partial charge in [0.1, 0.15) is 0 Å². The lowest BCUT2D eigenvalue weighted by molar-refractivity contribution is 0.371. The van der Waals surface area contributed by atoms with Crippen molar-refractivity contribution >= 4 is 10.0 Å². The number of hydrogen-bond donors (Lipinski definition) is 2. The van der Waals surface area contributed by atoms with E-state index < -0.39 is 10.0 Å². The van der Waals surface area contributed by atoms with E-state index >= 15 is 0 Å². The van der Waals surface area contributed by atoms with Crippen LogP contribution in [0.3, 0.4) is 0 Å². The average Bonchev–Trinajstić information content (AvgIpc) is 3.00. The van der Waals surface area contributed by atoms with Gasteiger partial charge in [-0.05, 0) is 26.8 Å². The van der Waals surface area contributed by atoms with Crippen LogP contribution in [0.1, 0.15) is 36.9 Å². The SMILES string of the molecule is CNCc1c(S(=O)(=O)N(C)C2CCCC2)n[nH]c1C. The Balaban J connectivity index is 2.33. The molecule has 1 aliphatic rings. The summed E-state index contributed by atoms with van der Waals surface area (Å²) >= 11 is 0. The molecular weight excluding hydrogens is 264 g/mol. The van der Waals surface area contributed by atoms with Crippen molar-refractivity contribution in [2.45, 2.75) is 50.2 Å². The van der Waals surface area contributed by atoms with Crippen molar-refractivity contribution in [1.29, 1.82) is 0 Å². The maximum atomic E-state index is 12.6. The number of aromatic amines is 1. The predicted octanol–water partition coefficient (Wildman–Crippen LogP) is 1.00. The summed E-state index contributed by atoms with van der Waals surface area (Å²) in [6.07, 6.45) is 4.10. The van der Waals surface area contributed by atoms with Gasteiger partial charge in [0.2, 0.25) is 0 Å². The summed E-state index contributed by atoms with van der Waals surface area (Å²) in [6.45, 7) is 2.34. The number of aromatic nitrogens is 2. The fourth-order valence-corrected chi connectivity index (χ4v) is 4.20. The van der Waals surface area contributed by atoms with Crippen molar-refractivity contribution in [3.8, 4) is 0 Å². The van der Waals surface area contributed by atoms with Gasteiger partial charge in [-0.2, -0.15) is 9.40 Å². The molecule has 0 amide bonds. The Morgan fingerprint density at radius 2 is 2.05 bits per heavy atom. The molecule has 0 saturated heterocycles. The van der Waals surface area contributed by atoms with Crippen LogP contribution < -0.4 is 5.32 Å². The van der Waals surface area contributed by atoms with E-state index in [0.717, 1.165) is 36.9 Å². The smallest absolute Gasteiger partial charge is 0.262 e. The number of sulfonamides is 1. The minimum absolute atomic E-state index is 0.115. The quantitative estimate of drug-likeness (QED) is 0.846. The Labute approximate surface area is 114 Å². The minimum Gasteiger partial charge on any atom is -0.316 e. The molecule has 0 spiro atoms. The van der Waals surface area contributed by atoms with Crippen molar-refractivity contribution in [3.05, 3.63) is 11.3 Å². The highest BCUT2D eigenvalue weighted by atomic mass is 32.2. The van der Waals surface area contributed by atoms with Crippen LogP contribution in [0, 0.1) is 6.92 Å². The monoisotopic (exact) mass is 286 g/mol. The second-order valence-corrected chi connectivity index (χ2v) is 7.03. The maximum Gasteiger partial charge on any atom is 0.262 e. The van der Waals surface area contributed by atoms with Crippen LogP contribution in [0.2, 0.25) is 0 Å². The molecule has 6 nitrogen and oxygen atoms in total. The first-order chi connectivity index (χ1) is 8.98. The summed E-state index contributed by atoms with van der Waals surface area (Å²) in [7, 11) is -0.0431. The molecule has 0 bridgehead atoms. The van der Waals surface area contributed by atoms with Gasteiger partial charge in [0, 0.05) is 30.9 Å². The number of nitrogens with zero attached hydrogens (tertiary/aromatic N) is 2. The highest BCUT2D eigenvalue weighted by molar-refractivity contribution is 7.89. The summed E-state index contributed by atoms with van der Waals surface area (Å²) in [5.41, 5.74) is 1.53. The lowest BCUT2D eigenvalue weighted by Gasteiger charge is -2.23. The van der Waals surface area contributed by atoms with Crippen LogP contribution in [0.25, 0.3) is 0 Å². The van der Waals surface area contributed by atoms with Crippen molar-refractivity contribution in [3.63, 3.8) is 0 Å². The molecule has 0 radical (unpaired) electrons. The molecule has 7 heteroatoms. The van der Waals surface area contributed by atoms with E-state index in [1.807, 2.05) is 6.92 Å². The third-order valence-electron chi connectivity index (χ3n) is 3.85. The van der Waals surface area contributed by atoms with Crippen LogP contribution in [-0.2, 0) is 16.6 Å². The molecule has 1 aromatic rings. The van der Waals surface area contributed by atoms with Crippen molar-refractivity contribution in [2.75, 3.05) is 14.1 Å². The normalized spacial score (nSPS) is 17.5. The molecule has 0 aromatic carbocycles. The Hall–Kier alpha value is -0.920. The average molecular weight is 286 g/mol. The molecule has 0 aliphatic heterocycles. The summed E-state index contributed by atoms with van der Waals surface area (Å²) in [5.74, 6) is 0. The Morgan fingerprint density at radius 3 is 2.63 bits per heavy atom. The number of nitrogens with one attached hydrogen (secondary N) is 2. The molecule has 2 rings (SSSR count). The first-order valence-corrected chi connectivity index (χ1v) is 8.09. The molecule has 108 valence electrons. The van der Waals surface area contributed by atoms with Gasteiger partial charge in [-0.1, -0.05) is 12.8 Å². The van der Waals surface area contributed by atoms with E-state index in [2.05, 4.69) is 15.5 Å². The van der Waals surface area contributed by atoms with Gasteiger partial charge >= 0.3 is 0 Å². The summed E-state index contributed by atoms with van der Waals surface area (Å²) in [5, 5.41) is 9.93. The molecule has 0 unspecified atom stereocenters. The van der Waals surface area contributed by atoms with Gasteiger partial charge in [-0.15, -0.1) is 0 Å². The number of hydrogen-bond acceptors (Lipinski definition) is 4. The maximum absolute atomic E-state index is 12.6. The van der Waals surface area contributed by atoms with Crippen LogP contribution in [-0.4, -0.2) is 43.1 Å². The number of H-pyrrole nitrogens is 1. The molecule has 2 N–H and O–H groups in total. The highest BCUT2D eigenvalue weighted by Gasteiger charge is 2.33. The van der Waals surface area contributed by atoms with Gasteiger partial charge in [-0.3, -0.25) is 5.10 Å². The zero-order chi connectivity index (χ0) is 14.0. The molecule has 1 fully saturated rings. The van der Waals surface area contributed by atoms with E-state index in [1.54, 1.807) is 14.1 Å². The predicted molar refractivity (Wildman–Crippen MR) is 73.3 cm³/mol. The lowest BCUT2D eigenvalue weighted by Crippen LogP contribution is -2.36. The van der Waals surface area contributed by atoms with Gasteiger partial charge in [-0.25, -0.2) is 8.42 Å². The lowest BCUT2D eigenvalue weighted by atomic mass is 10.3. The molecule has 0 atom stereocenters. The molecular formula is C12H22N4O2S. The third-order valence-corrected chi connectivity index (χ3v) is 5.73. The van der Waals surface area contributed by atoms with E-state index in [4.69, 9.17) is 0 Å². The van der Waals surface area contributed by atoms with E-state index in [9.17, 15) is 8.42 Å². The number of aryl methyl sites for hydroxylation is 1. The largest absolute Gasteiger partial charge is 0.316 e. The minimum atomic E-state index is -3.50. The highest BCUT2D eigenvalue weighted by Crippen LogP contribution is 2.28. The fraction of sp³-hybridized carbons (Fsp3) is 0.750. The Kier molecular flexibility index (Phi) is 4.27. The Morgan fingerprint density at radius 1 is 1.42 bits per heavy atom.